The van der Waals surface area contributed by atoms with Crippen molar-refractivity contribution in [2.24, 2.45) is 5.41 Å². The minimum absolute atomic E-state index is 0.193. The number of nitrogens with one attached hydrogen (secondary N) is 1. The maximum atomic E-state index is 9.09. The summed E-state index contributed by atoms with van der Waals surface area (Å²) in [5.41, 5.74) is 0.193. The van der Waals surface area contributed by atoms with E-state index in [-0.39, 0.29) is 5.41 Å². The summed E-state index contributed by atoms with van der Waals surface area (Å²) in [4.78, 5) is 0. The molecule has 2 N–H and O–H groups in total. The van der Waals surface area contributed by atoms with Crippen molar-refractivity contribution in [3.05, 3.63) is 30.2 Å². The van der Waals surface area contributed by atoms with E-state index in [1.165, 1.54) is 0 Å². The molecule has 1 fully saturated rings. The Morgan fingerprint density at radius 2 is 2.40 bits per heavy atom. The maximum absolute atomic E-state index is 9.09. The molecule has 0 spiro atoms. The predicted octanol–water partition coefficient (Wildman–Crippen LogP) is 1.65. The third kappa shape index (κ3) is 2.94. The van der Waals surface area contributed by atoms with Crippen LogP contribution in [0.2, 0.25) is 0 Å². The Kier molecular flexibility index (Phi) is 3.23. The van der Waals surface area contributed by atoms with Crippen LogP contribution in [0.4, 0.5) is 0 Å². The first-order chi connectivity index (χ1) is 7.35. The first-order valence-corrected chi connectivity index (χ1v) is 5.36. The molecular weight excluding hydrogens is 190 g/mol. The Balaban J connectivity index is 1.63. The summed E-state index contributed by atoms with van der Waals surface area (Å²) in [5, 5.41) is 12.4. The molecule has 0 unspecified atom stereocenters. The van der Waals surface area contributed by atoms with Crippen molar-refractivity contribution in [3.8, 4) is 0 Å². The molecule has 15 heavy (non-hydrogen) atoms. The van der Waals surface area contributed by atoms with Crippen molar-refractivity contribution in [2.75, 3.05) is 19.7 Å². The molecule has 1 aliphatic rings. The molecule has 0 aliphatic heterocycles. The molecule has 3 nitrogen and oxygen atoms in total. The fourth-order valence-electron chi connectivity index (χ4n) is 1.55. The second kappa shape index (κ2) is 4.64. The van der Waals surface area contributed by atoms with Gasteiger partial charge in [-0.1, -0.05) is 6.08 Å². The molecular formula is C12H17NO2. The summed E-state index contributed by atoms with van der Waals surface area (Å²) in [6, 6.07) is 3.80. The number of rotatable bonds is 6. The van der Waals surface area contributed by atoms with Gasteiger partial charge in [-0.15, -0.1) is 0 Å². The first-order valence-electron chi connectivity index (χ1n) is 5.36. The lowest BCUT2D eigenvalue weighted by molar-refractivity contribution is 0.209. The smallest absolute Gasteiger partial charge is 0.126 e. The number of aliphatic hydroxyl groups excluding tert-OH is 1. The summed E-state index contributed by atoms with van der Waals surface area (Å²) < 4.78 is 5.16. The molecule has 0 atom stereocenters. The highest BCUT2D eigenvalue weighted by Gasteiger charge is 2.41. The van der Waals surface area contributed by atoms with Crippen LogP contribution in [0.5, 0.6) is 0 Å². The SMILES string of the molecule is OCC1(CNC/C=C/c2ccco2)CC1. The lowest BCUT2D eigenvalue weighted by Gasteiger charge is -2.10. The summed E-state index contributed by atoms with van der Waals surface area (Å²) in [5.74, 6) is 0.875. The number of furan rings is 1. The van der Waals surface area contributed by atoms with Gasteiger partial charge in [0.15, 0.2) is 0 Å². The van der Waals surface area contributed by atoms with E-state index >= 15 is 0 Å². The van der Waals surface area contributed by atoms with Gasteiger partial charge in [0.1, 0.15) is 5.76 Å². The molecule has 0 radical (unpaired) electrons. The van der Waals surface area contributed by atoms with Crippen LogP contribution in [0.25, 0.3) is 6.08 Å². The van der Waals surface area contributed by atoms with Crippen LogP contribution in [0.3, 0.4) is 0 Å². The monoisotopic (exact) mass is 207 g/mol. The molecule has 2 rings (SSSR count). The van der Waals surface area contributed by atoms with Crippen LogP contribution in [0, 0.1) is 5.41 Å². The molecule has 0 amide bonds. The largest absolute Gasteiger partial charge is 0.465 e. The Morgan fingerprint density at radius 1 is 1.53 bits per heavy atom. The summed E-state index contributed by atoms with van der Waals surface area (Å²) in [6.45, 7) is 2.04. The highest BCUT2D eigenvalue weighted by molar-refractivity contribution is 5.42. The van der Waals surface area contributed by atoms with Gasteiger partial charge in [-0.3, -0.25) is 0 Å². The third-order valence-corrected chi connectivity index (χ3v) is 2.88. The van der Waals surface area contributed by atoms with Crippen molar-refractivity contribution in [1.29, 1.82) is 0 Å². The number of hydrogen-bond acceptors (Lipinski definition) is 3. The van der Waals surface area contributed by atoms with Crippen LogP contribution in [-0.2, 0) is 0 Å². The minimum Gasteiger partial charge on any atom is -0.465 e. The number of hydrogen-bond donors (Lipinski definition) is 2. The van der Waals surface area contributed by atoms with Gasteiger partial charge in [-0.25, -0.2) is 0 Å². The standard InChI is InChI=1S/C12H17NO2/c14-10-12(5-6-12)9-13-7-1-3-11-4-2-8-15-11/h1-4,8,13-14H,5-7,9-10H2/b3-1+. The fraction of sp³-hybridized carbons (Fsp3) is 0.500. The molecule has 1 heterocycles. The van der Waals surface area contributed by atoms with Gasteiger partial charge in [0.05, 0.1) is 6.26 Å². The average molecular weight is 207 g/mol. The Labute approximate surface area is 89.8 Å². The second-order valence-electron chi connectivity index (χ2n) is 4.21. The zero-order valence-corrected chi connectivity index (χ0v) is 8.78. The zero-order valence-electron chi connectivity index (χ0n) is 8.78. The highest BCUT2D eigenvalue weighted by Crippen LogP contribution is 2.44. The van der Waals surface area contributed by atoms with Crippen LogP contribution in [0.1, 0.15) is 18.6 Å². The molecule has 3 heteroatoms. The van der Waals surface area contributed by atoms with E-state index in [9.17, 15) is 0 Å². The van der Waals surface area contributed by atoms with E-state index in [4.69, 9.17) is 9.52 Å². The van der Waals surface area contributed by atoms with Gasteiger partial charge in [0.25, 0.3) is 0 Å². The Hall–Kier alpha value is -1.06. The van der Waals surface area contributed by atoms with Crippen LogP contribution < -0.4 is 5.32 Å². The second-order valence-corrected chi connectivity index (χ2v) is 4.21. The van der Waals surface area contributed by atoms with Gasteiger partial charge in [-0.05, 0) is 31.1 Å². The average Bonchev–Trinajstić information content (AvgIpc) is 2.85. The van der Waals surface area contributed by atoms with E-state index < -0.39 is 0 Å². The van der Waals surface area contributed by atoms with Gasteiger partial charge >= 0.3 is 0 Å². The van der Waals surface area contributed by atoms with E-state index in [1.807, 2.05) is 24.3 Å². The van der Waals surface area contributed by atoms with Crippen molar-refractivity contribution in [1.82, 2.24) is 5.32 Å². The van der Waals surface area contributed by atoms with E-state index in [1.54, 1.807) is 6.26 Å². The first kappa shape index (κ1) is 10.5. The van der Waals surface area contributed by atoms with Crippen molar-refractivity contribution >= 4 is 6.08 Å². The van der Waals surface area contributed by atoms with Crippen LogP contribution in [0.15, 0.2) is 28.9 Å². The predicted molar refractivity (Wildman–Crippen MR) is 59.4 cm³/mol. The van der Waals surface area contributed by atoms with Gasteiger partial charge in [0, 0.05) is 25.1 Å². The zero-order chi connectivity index (χ0) is 10.6. The van der Waals surface area contributed by atoms with E-state index in [2.05, 4.69) is 5.32 Å². The maximum Gasteiger partial charge on any atom is 0.126 e. The van der Waals surface area contributed by atoms with Gasteiger partial charge < -0.3 is 14.8 Å². The van der Waals surface area contributed by atoms with Gasteiger partial charge in [0.2, 0.25) is 0 Å². The molecule has 0 bridgehead atoms. The summed E-state index contributed by atoms with van der Waals surface area (Å²) >= 11 is 0. The lowest BCUT2D eigenvalue weighted by Crippen LogP contribution is -2.26. The van der Waals surface area contributed by atoms with Crippen molar-refractivity contribution < 1.29 is 9.52 Å². The normalized spacial score (nSPS) is 18.5. The minimum atomic E-state index is 0.193. The summed E-state index contributed by atoms with van der Waals surface area (Å²) in [6.07, 6.45) is 7.95. The summed E-state index contributed by atoms with van der Waals surface area (Å²) in [7, 11) is 0. The molecule has 0 saturated heterocycles. The molecule has 1 aromatic heterocycles. The molecule has 82 valence electrons. The molecule has 1 saturated carbocycles. The lowest BCUT2D eigenvalue weighted by atomic mass is 10.1. The van der Waals surface area contributed by atoms with E-state index in [0.717, 1.165) is 31.7 Å². The quantitative estimate of drug-likeness (QED) is 0.697. The van der Waals surface area contributed by atoms with Crippen LogP contribution >= 0.6 is 0 Å². The van der Waals surface area contributed by atoms with E-state index in [0.29, 0.717) is 6.61 Å². The van der Waals surface area contributed by atoms with Gasteiger partial charge in [-0.2, -0.15) is 0 Å². The molecule has 1 aromatic rings. The number of aliphatic hydroxyl groups is 1. The van der Waals surface area contributed by atoms with Crippen molar-refractivity contribution in [3.63, 3.8) is 0 Å². The Morgan fingerprint density at radius 3 is 3.00 bits per heavy atom. The molecule has 1 aliphatic carbocycles. The Bertz CT molecular complexity index is 312. The fourth-order valence-corrected chi connectivity index (χ4v) is 1.55. The van der Waals surface area contributed by atoms with Crippen LogP contribution in [-0.4, -0.2) is 24.8 Å². The molecule has 0 aromatic carbocycles. The van der Waals surface area contributed by atoms with Crippen molar-refractivity contribution in [2.45, 2.75) is 12.8 Å². The highest BCUT2D eigenvalue weighted by atomic mass is 16.3. The third-order valence-electron chi connectivity index (χ3n) is 2.88. The topological polar surface area (TPSA) is 45.4 Å².